The Morgan fingerprint density at radius 1 is 1.18 bits per heavy atom. The van der Waals surface area contributed by atoms with E-state index in [0.29, 0.717) is 32.1 Å². The summed E-state index contributed by atoms with van der Waals surface area (Å²) in [5.41, 5.74) is 5.42. The molecule has 0 bridgehead atoms. The summed E-state index contributed by atoms with van der Waals surface area (Å²) in [6.07, 6.45) is 4.21. The molecule has 2 rings (SSSR count). The van der Waals surface area contributed by atoms with Gasteiger partial charge in [-0.1, -0.05) is 6.92 Å². The highest BCUT2D eigenvalue weighted by molar-refractivity contribution is 5.80. The number of carbonyl (C=O) groups is 2. The van der Waals surface area contributed by atoms with Gasteiger partial charge in [0.05, 0.1) is 12.5 Å². The molecule has 6 nitrogen and oxygen atoms in total. The lowest BCUT2D eigenvalue weighted by atomic mass is 9.97. The molecule has 2 atom stereocenters. The van der Waals surface area contributed by atoms with Crippen LogP contribution < -0.4 is 11.1 Å². The molecule has 0 aromatic carbocycles. The number of nitrogens with one attached hydrogen (secondary N) is 1. The Kier molecular flexibility index (Phi) is 6.64. The summed E-state index contributed by atoms with van der Waals surface area (Å²) in [6.45, 7) is 7.02. The quantitative estimate of drug-likeness (QED) is 0.751. The lowest BCUT2D eigenvalue weighted by Crippen LogP contribution is -2.49. The summed E-state index contributed by atoms with van der Waals surface area (Å²) in [5.74, 6) is 0.894. The first-order chi connectivity index (χ1) is 10.6. The topological polar surface area (TPSA) is 78.7 Å². The van der Waals surface area contributed by atoms with Crippen LogP contribution in [0.25, 0.3) is 0 Å². The van der Waals surface area contributed by atoms with Crippen LogP contribution in [-0.2, 0) is 9.59 Å². The number of nitrogens with zero attached hydrogens (tertiary/aromatic N) is 2. The van der Waals surface area contributed by atoms with Gasteiger partial charge < -0.3 is 16.0 Å². The number of nitrogens with two attached hydrogens (primary N) is 1. The second kappa shape index (κ2) is 8.48. The van der Waals surface area contributed by atoms with Gasteiger partial charge in [0.2, 0.25) is 11.8 Å². The van der Waals surface area contributed by atoms with E-state index in [1.807, 2.05) is 4.90 Å². The Morgan fingerprint density at radius 3 is 2.68 bits per heavy atom. The maximum absolute atomic E-state index is 12.4. The van der Waals surface area contributed by atoms with Gasteiger partial charge in [-0.3, -0.25) is 14.5 Å². The smallest absolute Gasteiger partial charge is 0.236 e. The monoisotopic (exact) mass is 310 g/mol. The Hall–Kier alpha value is -1.14. The van der Waals surface area contributed by atoms with E-state index < -0.39 is 0 Å². The van der Waals surface area contributed by atoms with Gasteiger partial charge in [-0.05, 0) is 38.1 Å². The molecular weight excluding hydrogens is 280 g/mol. The summed E-state index contributed by atoms with van der Waals surface area (Å²) in [5, 5.41) is 2.86. The van der Waals surface area contributed by atoms with Crippen LogP contribution in [0.15, 0.2) is 0 Å². The highest BCUT2D eigenvalue weighted by atomic mass is 16.2. The van der Waals surface area contributed by atoms with Crippen LogP contribution in [-0.4, -0.2) is 67.4 Å². The van der Waals surface area contributed by atoms with Gasteiger partial charge >= 0.3 is 0 Å². The lowest BCUT2D eigenvalue weighted by molar-refractivity contribution is -0.136. The number of likely N-dealkylation sites (tertiary alicyclic amines) is 2. The highest BCUT2D eigenvalue weighted by Gasteiger charge is 2.28. The van der Waals surface area contributed by atoms with Crippen molar-refractivity contribution in [1.82, 2.24) is 15.1 Å². The SMILES string of the molecule is CC1CCCN(C(=O)CN2CCCC(C(=O)NCCN)C2)C1. The predicted octanol–water partition coefficient (Wildman–Crippen LogP) is 0.0318. The molecule has 2 aliphatic rings. The summed E-state index contributed by atoms with van der Waals surface area (Å²) in [7, 11) is 0. The fourth-order valence-corrected chi connectivity index (χ4v) is 3.46. The van der Waals surface area contributed by atoms with E-state index in [-0.39, 0.29) is 17.7 Å². The molecule has 2 aliphatic heterocycles. The standard InChI is InChI=1S/C16H30N4O2/c1-13-4-2-9-20(10-13)15(21)12-19-8-3-5-14(11-19)16(22)18-7-6-17/h13-14H,2-12,17H2,1H3,(H,18,22). The molecule has 2 amide bonds. The Bertz CT molecular complexity index is 388. The molecule has 0 radical (unpaired) electrons. The van der Waals surface area contributed by atoms with Crippen molar-refractivity contribution in [1.29, 1.82) is 0 Å². The van der Waals surface area contributed by atoms with Crippen molar-refractivity contribution >= 4 is 11.8 Å². The van der Waals surface area contributed by atoms with E-state index in [9.17, 15) is 9.59 Å². The number of rotatable bonds is 5. The van der Waals surface area contributed by atoms with Crippen LogP contribution >= 0.6 is 0 Å². The average molecular weight is 310 g/mol. The molecule has 0 aromatic rings. The van der Waals surface area contributed by atoms with Gasteiger partial charge in [-0.15, -0.1) is 0 Å². The zero-order valence-corrected chi connectivity index (χ0v) is 13.7. The normalized spacial score (nSPS) is 26.7. The Morgan fingerprint density at radius 2 is 1.95 bits per heavy atom. The zero-order chi connectivity index (χ0) is 15.9. The lowest BCUT2D eigenvalue weighted by Gasteiger charge is -2.35. The number of hydrogen-bond acceptors (Lipinski definition) is 4. The molecule has 3 N–H and O–H groups in total. The van der Waals surface area contributed by atoms with Gasteiger partial charge in [0.15, 0.2) is 0 Å². The van der Waals surface area contributed by atoms with E-state index >= 15 is 0 Å². The van der Waals surface area contributed by atoms with Crippen LogP contribution in [0.2, 0.25) is 0 Å². The summed E-state index contributed by atoms with van der Waals surface area (Å²) in [6, 6.07) is 0. The third-order valence-electron chi connectivity index (χ3n) is 4.69. The fraction of sp³-hybridized carbons (Fsp3) is 0.875. The maximum Gasteiger partial charge on any atom is 0.236 e. The second-order valence-electron chi connectivity index (χ2n) is 6.74. The minimum absolute atomic E-state index is 0.00613. The zero-order valence-electron chi connectivity index (χ0n) is 13.7. The molecule has 22 heavy (non-hydrogen) atoms. The molecule has 0 aliphatic carbocycles. The summed E-state index contributed by atoms with van der Waals surface area (Å²) in [4.78, 5) is 28.6. The van der Waals surface area contributed by atoms with E-state index in [2.05, 4.69) is 17.1 Å². The van der Waals surface area contributed by atoms with Gasteiger partial charge in [0.1, 0.15) is 0 Å². The van der Waals surface area contributed by atoms with Gasteiger partial charge in [-0.2, -0.15) is 0 Å². The number of carbonyl (C=O) groups excluding carboxylic acids is 2. The van der Waals surface area contributed by atoms with Crippen molar-refractivity contribution in [3.05, 3.63) is 0 Å². The first kappa shape index (κ1) is 17.2. The molecule has 0 saturated carbocycles. The fourth-order valence-electron chi connectivity index (χ4n) is 3.46. The molecule has 2 heterocycles. The van der Waals surface area contributed by atoms with E-state index in [0.717, 1.165) is 38.9 Å². The van der Waals surface area contributed by atoms with Crippen LogP contribution in [0.5, 0.6) is 0 Å². The van der Waals surface area contributed by atoms with Crippen LogP contribution in [0.4, 0.5) is 0 Å². The second-order valence-corrected chi connectivity index (χ2v) is 6.74. The number of amides is 2. The molecular formula is C16H30N4O2. The van der Waals surface area contributed by atoms with Crippen molar-refractivity contribution in [2.75, 3.05) is 45.8 Å². The first-order valence-corrected chi connectivity index (χ1v) is 8.58. The van der Waals surface area contributed by atoms with Gasteiger partial charge in [-0.25, -0.2) is 0 Å². The predicted molar refractivity (Wildman–Crippen MR) is 86.2 cm³/mol. The Labute approximate surface area is 133 Å². The van der Waals surface area contributed by atoms with Crippen molar-refractivity contribution in [2.24, 2.45) is 17.6 Å². The molecule has 2 saturated heterocycles. The molecule has 2 unspecified atom stereocenters. The third-order valence-corrected chi connectivity index (χ3v) is 4.69. The van der Waals surface area contributed by atoms with Crippen molar-refractivity contribution in [2.45, 2.75) is 32.6 Å². The summed E-state index contributed by atoms with van der Waals surface area (Å²) < 4.78 is 0. The van der Waals surface area contributed by atoms with E-state index in [1.54, 1.807) is 0 Å². The minimum atomic E-state index is -0.00613. The van der Waals surface area contributed by atoms with E-state index in [1.165, 1.54) is 6.42 Å². The van der Waals surface area contributed by atoms with Crippen LogP contribution in [0, 0.1) is 11.8 Å². The minimum Gasteiger partial charge on any atom is -0.355 e. The maximum atomic E-state index is 12.4. The molecule has 6 heteroatoms. The van der Waals surface area contributed by atoms with E-state index in [4.69, 9.17) is 5.73 Å². The molecule has 0 spiro atoms. The number of piperidine rings is 2. The van der Waals surface area contributed by atoms with Crippen molar-refractivity contribution in [3.8, 4) is 0 Å². The van der Waals surface area contributed by atoms with Crippen molar-refractivity contribution in [3.63, 3.8) is 0 Å². The largest absolute Gasteiger partial charge is 0.355 e. The van der Waals surface area contributed by atoms with Gasteiger partial charge in [0.25, 0.3) is 0 Å². The number of hydrogen-bond donors (Lipinski definition) is 2. The third kappa shape index (κ3) is 4.95. The Balaban J connectivity index is 1.79. The molecule has 2 fully saturated rings. The van der Waals surface area contributed by atoms with Crippen molar-refractivity contribution < 1.29 is 9.59 Å². The van der Waals surface area contributed by atoms with Crippen LogP contribution in [0.1, 0.15) is 32.6 Å². The highest BCUT2D eigenvalue weighted by Crippen LogP contribution is 2.19. The molecule has 0 aromatic heterocycles. The first-order valence-electron chi connectivity index (χ1n) is 8.58. The average Bonchev–Trinajstić information content (AvgIpc) is 2.52. The van der Waals surface area contributed by atoms with Crippen LogP contribution in [0.3, 0.4) is 0 Å². The summed E-state index contributed by atoms with van der Waals surface area (Å²) >= 11 is 0. The van der Waals surface area contributed by atoms with Gasteiger partial charge in [0, 0.05) is 32.7 Å². The molecule has 126 valence electrons.